The van der Waals surface area contributed by atoms with Crippen LogP contribution in [0, 0.1) is 0 Å². The average Bonchev–Trinajstić information content (AvgIpc) is 2.42. The summed E-state index contributed by atoms with van der Waals surface area (Å²) in [5, 5.41) is 0.643. The molecule has 0 radical (unpaired) electrons. The normalized spacial score (nSPS) is 11.3. The summed E-state index contributed by atoms with van der Waals surface area (Å²) in [6.07, 6.45) is 3.07. The van der Waals surface area contributed by atoms with Crippen LogP contribution in [0.1, 0.15) is 52.0 Å². The fraction of sp³-hybridized carbons (Fsp3) is 0.562. The summed E-state index contributed by atoms with van der Waals surface area (Å²) in [6.45, 7) is 7.04. The van der Waals surface area contributed by atoms with Gasteiger partial charge < -0.3 is 4.74 Å². The van der Waals surface area contributed by atoms with Crippen molar-refractivity contribution in [1.29, 1.82) is 0 Å². The lowest BCUT2D eigenvalue weighted by Gasteiger charge is -2.20. The van der Waals surface area contributed by atoms with Gasteiger partial charge in [0, 0.05) is 6.42 Å². The molecule has 0 unspecified atom stereocenters. The van der Waals surface area contributed by atoms with Crippen LogP contribution in [0.5, 0.6) is 5.75 Å². The first-order valence-electron chi connectivity index (χ1n) is 7.27. The van der Waals surface area contributed by atoms with Gasteiger partial charge in [-0.05, 0) is 42.4 Å². The molecule has 0 spiro atoms. The smallest absolute Gasteiger partial charge is 0.233 e. The molecule has 21 heavy (non-hydrogen) atoms. The Labute approximate surface area is 132 Å². The number of carbonyl (C=O) groups excluding carboxylic acids is 1. The molecule has 0 atom stereocenters. The first kappa shape index (κ1) is 17.8. The van der Waals surface area contributed by atoms with Crippen LogP contribution in [0.25, 0.3) is 0 Å². The molecule has 0 aliphatic heterocycles. The standard InChI is InChI=1S/C16H25ClN2O2/c1-16(2,3)12-8-9-14(13(17)11-12)21-10-6-4-5-7-15(20)19-18/h8-9,11H,4-7,10,18H2,1-3H3,(H,19,20). The molecule has 0 heterocycles. The number of hydrogen-bond acceptors (Lipinski definition) is 3. The van der Waals surface area contributed by atoms with E-state index in [0.29, 0.717) is 23.8 Å². The Balaban J connectivity index is 2.34. The van der Waals surface area contributed by atoms with Crippen molar-refractivity contribution in [2.24, 2.45) is 5.84 Å². The quantitative estimate of drug-likeness (QED) is 0.350. The molecule has 1 rings (SSSR count). The van der Waals surface area contributed by atoms with Crippen LogP contribution in [0.4, 0.5) is 0 Å². The van der Waals surface area contributed by atoms with Crippen LogP contribution in [0.15, 0.2) is 18.2 Å². The highest BCUT2D eigenvalue weighted by atomic mass is 35.5. The summed E-state index contributed by atoms with van der Waals surface area (Å²) >= 11 is 6.24. The van der Waals surface area contributed by atoms with Gasteiger partial charge in [0.05, 0.1) is 11.6 Å². The Kier molecular flexibility index (Phi) is 6.99. The number of carbonyl (C=O) groups is 1. The fourth-order valence-electron chi connectivity index (χ4n) is 1.90. The molecule has 0 fully saturated rings. The largest absolute Gasteiger partial charge is 0.492 e. The summed E-state index contributed by atoms with van der Waals surface area (Å²) in [6, 6.07) is 5.93. The minimum atomic E-state index is -0.128. The summed E-state index contributed by atoms with van der Waals surface area (Å²) in [7, 11) is 0. The topological polar surface area (TPSA) is 64.3 Å². The maximum Gasteiger partial charge on any atom is 0.233 e. The van der Waals surface area contributed by atoms with Crippen LogP contribution in [0.2, 0.25) is 5.02 Å². The molecular formula is C16H25ClN2O2. The lowest BCUT2D eigenvalue weighted by atomic mass is 9.87. The summed E-state index contributed by atoms with van der Waals surface area (Å²) in [4.78, 5) is 10.9. The van der Waals surface area contributed by atoms with Crippen LogP contribution in [-0.2, 0) is 10.2 Å². The number of amides is 1. The lowest BCUT2D eigenvalue weighted by Crippen LogP contribution is -2.29. The monoisotopic (exact) mass is 312 g/mol. The Hall–Kier alpha value is -1.26. The third-order valence-corrected chi connectivity index (χ3v) is 3.56. The minimum absolute atomic E-state index is 0.0751. The van der Waals surface area contributed by atoms with E-state index >= 15 is 0 Å². The van der Waals surface area contributed by atoms with E-state index in [1.165, 1.54) is 5.56 Å². The second-order valence-electron chi connectivity index (χ2n) is 6.12. The lowest BCUT2D eigenvalue weighted by molar-refractivity contribution is -0.121. The van der Waals surface area contributed by atoms with E-state index < -0.39 is 0 Å². The van der Waals surface area contributed by atoms with Crippen molar-refractivity contribution < 1.29 is 9.53 Å². The van der Waals surface area contributed by atoms with Crippen molar-refractivity contribution in [2.45, 2.75) is 51.9 Å². The van der Waals surface area contributed by atoms with Crippen LogP contribution >= 0.6 is 11.6 Å². The Bertz CT molecular complexity index is 470. The zero-order chi connectivity index (χ0) is 15.9. The Morgan fingerprint density at radius 2 is 2.00 bits per heavy atom. The molecule has 0 saturated heterocycles. The van der Waals surface area contributed by atoms with Crippen molar-refractivity contribution in [2.75, 3.05) is 6.61 Å². The third kappa shape index (κ3) is 6.36. The van der Waals surface area contributed by atoms with Gasteiger partial charge in [0.2, 0.25) is 5.91 Å². The Morgan fingerprint density at radius 1 is 1.29 bits per heavy atom. The van der Waals surface area contributed by atoms with Crippen molar-refractivity contribution >= 4 is 17.5 Å². The third-order valence-electron chi connectivity index (χ3n) is 3.26. The molecule has 0 aliphatic carbocycles. The highest BCUT2D eigenvalue weighted by Gasteiger charge is 2.15. The van der Waals surface area contributed by atoms with Crippen LogP contribution < -0.4 is 16.0 Å². The maximum atomic E-state index is 10.9. The molecule has 1 aromatic carbocycles. The second-order valence-corrected chi connectivity index (χ2v) is 6.53. The second kappa shape index (κ2) is 8.25. The Morgan fingerprint density at radius 3 is 2.57 bits per heavy atom. The zero-order valence-corrected chi connectivity index (χ0v) is 13.8. The first-order valence-corrected chi connectivity index (χ1v) is 7.64. The molecule has 1 aromatic rings. The average molecular weight is 313 g/mol. The number of ether oxygens (including phenoxy) is 1. The van der Waals surface area contributed by atoms with Gasteiger partial charge >= 0.3 is 0 Å². The maximum absolute atomic E-state index is 10.9. The molecule has 0 aromatic heterocycles. The molecule has 0 aliphatic rings. The van der Waals surface area contributed by atoms with Crippen molar-refractivity contribution in [1.82, 2.24) is 5.43 Å². The van der Waals surface area contributed by atoms with E-state index in [-0.39, 0.29) is 11.3 Å². The zero-order valence-electron chi connectivity index (χ0n) is 13.0. The van der Waals surface area contributed by atoms with Gasteiger partial charge in [0.25, 0.3) is 0 Å². The van der Waals surface area contributed by atoms with Gasteiger partial charge in [-0.25, -0.2) is 5.84 Å². The summed E-state index contributed by atoms with van der Waals surface area (Å²) in [5.41, 5.74) is 3.38. The minimum Gasteiger partial charge on any atom is -0.492 e. The van der Waals surface area contributed by atoms with Crippen molar-refractivity contribution in [3.8, 4) is 5.75 Å². The van der Waals surface area contributed by atoms with E-state index in [9.17, 15) is 4.79 Å². The van der Waals surface area contributed by atoms with Gasteiger partial charge in [-0.3, -0.25) is 10.2 Å². The molecular weight excluding hydrogens is 288 g/mol. The van der Waals surface area contributed by atoms with E-state index in [2.05, 4.69) is 26.2 Å². The number of benzene rings is 1. The number of hydrogen-bond donors (Lipinski definition) is 2. The van der Waals surface area contributed by atoms with Crippen LogP contribution in [0.3, 0.4) is 0 Å². The predicted octanol–water partition coefficient (Wildman–Crippen LogP) is 3.57. The summed E-state index contributed by atoms with van der Waals surface area (Å²) in [5.74, 6) is 5.59. The molecule has 0 saturated carbocycles. The van der Waals surface area contributed by atoms with E-state index in [1.807, 2.05) is 18.2 Å². The number of rotatable bonds is 7. The fourth-order valence-corrected chi connectivity index (χ4v) is 2.14. The van der Waals surface area contributed by atoms with Gasteiger partial charge in [-0.2, -0.15) is 0 Å². The number of halogens is 1. The predicted molar refractivity (Wildman–Crippen MR) is 86.4 cm³/mol. The summed E-state index contributed by atoms with van der Waals surface area (Å²) < 4.78 is 5.68. The molecule has 5 heteroatoms. The van der Waals surface area contributed by atoms with E-state index in [4.69, 9.17) is 22.2 Å². The van der Waals surface area contributed by atoms with Crippen molar-refractivity contribution in [3.05, 3.63) is 28.8 Å². The van der Waals surface area contributed by atoms with Crippen LogP contribution in [-0.4, -0.2) is 12.5 Å². The molecule has 3 N–H and O–H groups in total. The molecule has 1 amide bonds. The van der Waals surface area contributed by atoms with Crippen molar-refractivity contribution in [3.63, 3.8) is 0 Å². The number of unbranched alkanes of at least 4 members (excludes halogenated alkanes) is 2. The number of nitrogens with two attached hydrogens (primary N) is 1. The molecule has 118 valence electrons. The van der Waals surface area contributed by atoms with E-state index in [1.54, 1.807) is 0 Å². The van der Waals surface area contributed by atoms with Gasteiger partial charge in [-0.1, -0.05) is 38.4 Å². The number of hydrazine groups is 1. The highest BCUT2D eigenvalue weighted by Crippen LogP contribution is 2.31. The molecule has 0 bridgehead atoms. The highest BCUT2D eigenvalue weighted by molar-refractivity contribution is 6.32. The van der Waals surface area contributed by atoms with Gasteiger partial charge in [0.15, 0.2) is 0 Å². The first-order chi connectivity index (χ1) is 9.84. The van der Waals surface area contributed by atoms with E-state index in [0.717, 1.165) is 19.3 Å². The van der Waals surface area contributed by atoms with Gasteiger partial charge in [0.1, 0.15) is 5.75 Å². The van der Waals surface area contributed by atoms with Gasteiger partial charge in [-0.15, -0.1) is 0 Å². The molecule has 4 nitrogen and oxygen atoms in total. The number of nitrogens with one attached hydrogen (secondary N) is 1. The SMILES string of the molecule is CC(C)(C)c1ccc(OCCCCCC(=O)NN)c(Cl)c1.